The Morgan fingerprint density at radius 3 is 1.65 bits per heavy atom. The van der Waals surface area contributed by atoms with Crippen molar-refractivity contribution in [3.8, 4) is 0 Å². The van der Waals surface area contributed by atoms with Gasteiger partial charge in [-0.3, -0.25) is 0 Å². The van der Waals surface area contributed by atoms with Crippen molar-refractivity contribution in [3.63, 3.8) is 0 Å². The van der Waals surface area contributed by atoms with Gasteiger partial charge < -0.3 is 0 Å². The Morgan fingerprint density at radius 2 is 1.29 bits per heavy atom. The van der Waals surface area contributed by atoms with E-state index in [-0.39, 0.29) is 0 Å². The van der Waals surface area contributed by atoms with Crippen LogP contribution < -0.4 is 4.67 Å². The third-order valence-corrected chi connectivity index (χ3v) is 3.94. The number of para-hydroxylation sites is 2. The molecule has 0 saturated carbocycles. The number of anilines is 2. The van der Waals surface area contributed by atoms with E-state index in [9.17, 15) is 4.57 Å². The molecular weight excluding hydrogens is 229 g/mol. The van der Waals surface area contributed by atoms with E-state index in [0.29, 0.717) is 6.16 Å². The summed E-state index contributed by atoms with van der Waals surface area (Å²) in [5.74, 6) is 0. The molecule has 86 valence electrons. The van der Waals surface area contributed by atoms with Crippen LogP contribution in [-0.2, 0) is 4.57 Å². The first kappa shape index (κ1) is 11.8. The van der Waals surface area contributed by atoms with Crippen molar-refractivity contribution in [1.29, 1.82) is 0 Å². The van der Waals surface area contributed by atoms with Crippen LogP contribution in [0.3, 0.4) is 0 Å². The minimum Gasteiger partial charge on any atom is -0.135 e. The average molecular weight is 244 g/mol. The molecule has 17 heavy (non-hydrogen) atoms. The fourth-order valence-corrected chi connectivity index (χ4v) is 2.75. The zero-order chi connectivity index (χ0) is 12.1. The number of rotatable bonds is 4. The van der Waals surface area contributed by atoms with Gasteiger partial charge in [-0.25, -0.2) is 0 Å². The number of benzene rings is 2. The van der Waals surface area contributed by atoms with E-state index in [1.54, 1.807) is 0 Å². The van der Waals surface area contributed by atoms with E-state index in [2.05, 4.69) is 0 Å². The van der Waals surface area contributed by atoms with Crippen LogP contribution in [-0.4, -0.2) is 6.16 Å². The predicted octanol–water partition coefficient (Wildman–Crippen LogP) is 4.59. The molecule has 0 bridgehead atoms. The Bertz CT molecular complexity index is 445. The zero-order valence-electron chi connectivity index (χ0n) is 9.78. The Labute approximate surface area is 103 Å². The van der Waals surface area contributed by atoms with Gasteiger partial charge in [0.05, 0.1) is 11.4 Å². The standard InChI is InChI=1S/C14H15NOP/c1-2-17(16)15(13-9-5-3-6-10-13)14-11-7-4-8-12-14/h3-12H,2H2,1H3/q+1. The summed E-state index contributed by atoms with van der Waals surface area (Å²) in [7, 11) is -1.41. The lowest BCUT2D eigenvalue weighted by Crippen LogP contribution is -2.07. The predicted molar refractivity (Wildman–Crippen MR) is 73.2 cm³/mol. The molecule has 2 rings (SSSR count). The van der Waals surface area contributed by atoms with Crippen LogP contribution in [0.2, 0.25) is 0 Å². The van der Waals surface area contributed by atoms with Crippen LogP contribution in [0.15, 0.2) is 60.7 Å². The normalized spacial score (nSPS) is 11.0. The van der Waals surface area contributed by atoms with Crippen molar-refractivity contribution in [2.24, 2.45) is 0 Å². The van der Waals surface area contributed by atoms with Gasteiger partial charge in [0.15, 0.2) is 6.16 Å². The minimum absolute atomic E-state index is 0.638. The molecular formula is C14H15NOP+. The largest absolute Gasteiger partial charge is 0.466 e. The molecule has 0 spiro atoms. The summed E-state index contributed by atoms with van der Waals surface area (Å²) in [4.78, 5) is 0. The van der Waals surface area contributed by atoms with Crippen molar-refractivity contribution in [2.45, 2.75) is 6.92 Å². The lowest BCUT2D eigenvalue weighted by atomic mass is 10.3. The van der Waals surface area contributed by atoms with Gasteiger partial charge in [0.25, 0.3) is 0 Å². The van der Waals surface area contributed by atoms with Crippen LogP contribution in [0.1, 0.15) is 6.92 Å². The minimum atomic E-state index is -1.41. The van der Waals surface area contributed by atoms with Gasteiger partial charge in [-0.05, 0) is 35.8 Å². The smallest absolute Gasteiger partial charge is 0.135 e. The quantitative estimate of drug-likeness (QED) is 0.733. The molecule has 1 unspecified atom stereocenters. The monoisotopic (exact) mass is 244 g/mol. The Morgan fingerprint density at radius 1 is 0.882 bits per heavy atom. The Hall–Kier alpha value is -1.66. The van der Waals surface area contributed by atoms with Crippen molar-refractivity contribution in [3.05, 3.63) is 60.7 Å². The van der Waals surface area contributed by atoms with Crippen LogP contribution in [0.5, 0.6) is 0 Å². The van der Waals surface area contributed by atoms with Gasteiger partial charge in [-0.2, -0.15) is 0 Å². The first-order valence-corrected chi connectivity index (χ1v) is 7.07. The molecule has 2 aromatic rings. The third-order valence-electron chi connectivity index (χ3n) is 2.50. The molecule has 0 aromatic heterocycles. The molecule has 0 saturated heterocycles. The molecule has 0 radical (unpaired) electrons. The Balaban J connectivity index is 2.43. The van der Waals surface area contributed by atoms with E-state index >= 15 is 0 Å². The molecule has 1 atom stereocenters. The number of hydrogen-bond acceptors (Lipinski definition) is 1. The van der Waals surface area contributed by atoms with E-state index < -0.39 is 7.95 Å². The van der Waals surface area contributed by atoms with Crippen molar-refractivity contribution in [1.82, 2.24) is 0 Å². The number of hydrogen-bond donors (Lipinski definition) is 0. The highest BCUT2D eigenvalue weighted by atomic mass is 31.1. The van der Waals surface area contributed by atoms with Crippen LogP contribution >= 0.6 is 7.95 Å². The molecule has 3 heteroatoms. The Kier molecular flexibility index (Phi) is 3.89. The molecule has 0 aliphatic rings. The maximum atomic E-state index is 12.2. The summed E-state index contributed by atoms with van der Waals surface area (Å²) >= 11 is 0. The summed E-state index contributed by atoms with van der Waals surface area (Å²) in [6.07, 6.45) is 0.638. The van der Waals surface area contributed by atoms with E-state index in [0.717, 1.165) is 11.4 Å². The topological polar surface area (TPSA) is 20.3 Å². The highest BCUT2D eigenvalue weighted by Gasteiger charge is 2.27. The second-order valence-electron chi connectivity index (χ2n) is 3.65. The number of nitrogens with zero attached hydrogens (tertiary/aromatic N) is 1. The van der Waals surface area contributed by atoms with Crippen molar-refractivity contribution < 1.29 is 4.57 Å². The van der Waals surface area contributed by atoms with Crippen molar-refractivity contribution >= 4 is 19.3 Å². The summed E-state index contributed by atoms with van der Waals surface area (Å²) in [5.41, 5.74) is 1.95. The molecule has 0 aliphatic heterocycles. The van der Waals surface area contributed by atoms with Crippen LogP contribution in [0.25, 0.3) is 0 Å². The summed E-state index contributed by atoms with van der Waals surface area (Å²) < 4.78 is 14.1. The van der Waals surface area contributed by atoms with Crippen LogP contribution in [0.4, 0.5) is 11.4 Å². The second-order valence-corrected chi connectivity index (χ2v) is 5.39. The van der Waals surface area contributed by atoms with E-state index in [4.69, 9.17) is 0 Å². The summed E-state index contributed by atoms with van der Waals surface area (Å²) in [6.45, 7) is 1.94. The van der Waals surface area contributed by atoms with Crippen molar-refractivity contribution in [2.75, 3.05) is 10.8 Å². The third kappa shape index (κ3) is 2.72. The molecule has 0 fully saturated rings. The average Bonchev–Trinajstić information content (AvgIpc) is 2.41. The maximum Gasteiger partial charge on any atom is 0.466 e. The molecule has 2 nitrogen and oxygen atoms in total. The van der Waals surface area contributed by atoms with Gasteiger partial charge >= 0.3 is 7.95 Å². The van der Waals surface area contributed by atoms with E-state index in [1.807, 2.05) is 72.3 Å². The molecule has 0 amide bonds. The van der Waals surface area contributed by atoms with Gasteiger partial charge in [-0.1, -0.05) is 36.4 Å². The molecule has 2 aromatic carbocycles. The second kappa shape index (κ2) is 5.60. The van der Waals surface area contributed by atoms with Gasteiger partial charge in [0.2, 0.25) is 0 Å². The maximum absolute atomic E-state index is 12.2. The molecule has 0 N–H and O–H groups in total. The fraction of sp³-hybridized carbons (Fsp3) is 0.143. The van der Waals surface area contributed by atoms with Gasteiger partial charge in [0.1, 0.15) is 0 Å². The summed E-state index contributed by atoms with van der Waals surface area (Å²) in [6, 6.07) is 19.7. The molecule has 0 aliphatic carbocycles. The fourth-order valence-electron chi connectivity index (χ4n) is 1.69. The van der Waals surface area contributed by atoms with Crippen LogP contribution in [0, 0.1) is 0 Å². The summed E-state index contributed by atoms with van der Waals surface area (Å²) in [5, 5.41) is 0. The lowest BCUT2D eigenvalue weighted by Gasteiger charge is -2.12. The zero-order valence-corrected chi connectivity index (χ0v) is 10.7. The SMILES string of the molecule is CC[P+](=O)N(c1ccccc1)c1ccccc1. The highest BCUT2D eigenvalue weighted by molar-refractivity contribution is 7.47. The first-order chi connectivity index (χ1) is 8.33. The lowest BCUT2D eigenvalue weighted by molar-refractivity contribution is 0.588. The van der Waals surface area contributed by atoms with Gasteiger partial charge in [0, 0.05) is 0 Å². The van der Waals surface area contributed by atoms with Gasteiger partial charge in [-0.15, -0.1) is 4.67 Å². The first-order valence-electron chi connectivity index (χ1n) is 5.67. The van der Waals surface area contributed by atoms with E-state index in [1.165, 1.54) is 0 Å². The highest BCUT2D eigenvalue weighted by Crippen LogP contribution is 2.40. The molecule has 0 heterocycles.